The van der Waals surface area contributed by atoms with Gasteiger partial charge in [0.1, 0.15) is 11.8 Å². The maximum atomic E-state index is 13.9. The highest BCUT2D eigenvalue weighted by molar-refractivity contribution is 6.06. The number of ether oxygens (including phenoxy) is 2. The second-order valence-corrected chi connectivity index (χ2v) is 9.25. The second-order valence-electron chi connectivity index (χ2n) is 9.25. The minimum absolute atomic E-state index is 0.122. The predicted molar refractivity (Wildman–Crippen MR) is 139 cm³/mol. The number of carbonyl (C=O) groups excluding carboxylic acids is 2. The van der Waals surface area contributed by atoms with Crippen LogP contribution in [0.4, 0.5) is 11.4 Å². The number of anilines is 2. The largest absolute Gasteiger partial charge is 0.493 e. The van der Waals surface area contributed by atoms with Gasteiger partial charge >= 0.3 is 5.97 Å². The fraction of sp³-hybridized carbons (Fsp3) is 0.276. The number of nitrogens with zero attached hydrogens (tertiary/aromatic N) is 1. The maximum Gasteiger partial charge on any atom is 0.303 e. The Bertz CT molecular complexity index is 1410. The van der Waals surface area contributed by atoms with Crippen molar-refractivity contribution in [1.82, 2.24) is 0 Å². The zero-order valence-corrected chi connectivity index (χ0v) is 21.1. The van der Waals surface area contributed by atoms with Crippen LogP contribution in [0.15, 0.2) is 76.5 Å². The van der Waals surface area contributed by atoms with Crippen molar-refractivity contribution >= 4 is 29.0 Å². The summed E-state index contributed by atoms with van der Waals surface area (Å²) < 4.78 is 16.6. The van der Waals surface area contributed by atoms with Gasteiger partial charge in [0.2, 0.25) is 5.91 Å². The van der Waals surface area contributed by atoms with Gasteiger partial charge in [0, 0.05) is 24.1 Å². The summed E-state index contributed by atoms with van der Waals surface area (Å²) in [6.45, 7) is 0. The molecule has 1 aliphatic carbocycles. The first-order chi connectivity index (χ1) is 18.4. The molecule has 2 heterocycles. The Morgan fingerprint density at radius 1 is 1.03 bits per heavy atom. The van der Waals surface area contributed by atoms with Crippen molar-refractivity contribution in [3.05, 3.63) is 83.5 Å². The van der Waals surface area contributed by atoms with Crippen LogP contribution in [0.5, 0.6) is 11.5 Å². The van der Waals surface area contributed by atoms with Crippen LogP contribution in [0.3, 0.4) is 0 Å². The lowest BCUT2D eigenvalue weighted by Crippen LogP contribution is -2.38. The molecule has 0 bridgehead atoms. The summed E-state index contributed by atoms with van der Waals surface area (Å²) in [5.41, 5.74) is 3.28. The molecule has 2 aromatic carbocycles. The number of aliphatic carboxylic acids is 1. The van der Waals surface area contributed by atoms with Crippen molar-refractivity contribution in [2.24, 2.45) is 0 Å². The number of hydrogen-bond acceptors (Lipinski definition) is 7. The Morgan fingerprint density at radius 2 is 1.82 bits per heavy atom. The number of amides is 1. The standard InChI is InChI=1S/C29H28N2O7/c1-36-23-10-9-17(16-25(23)37-2)18-14-20-28(22(32)15-18)29(24-8-5-13-38-24)31(26(33)11-12-27(34)35)21-7-4-3-6-19(21)30-20/h3-10,13,16,18,29-30H,11-12,14-15H2,1-2H3,(H,34,35)/t18-,29+/m1/s1. The van der Waals surface area contributed by atoms with Gasteiger partial charge in [-0.1, -0.05) is 18.2 Å². The Morgan fingerprint density at radius 3 is 2.53 bits per heavy atom. The van der Waals surface area contributed by atoms with E-state index in [0.29, 0.717) is 46.3 Å². The maximum absolute atomic E-state index is 13.9. The van der Waals surface area contributed by atoms with Gasteiger partial charge in [0.15, 0.2) is 17.3 Å². The quantitative estimate of drug-likeness (QED) is 0.447. The first kappa shape index (κ1) is 25.1. The lowest BCUT2D eigenvalue weighted by atomic mass is 9.79. The summed E-state index contributed by atoms with van der Waals surface area (Å²) in [7, 11) is 3.14. The molecule has 38 heavy (non-hydrogen) atoms. The zero-order chi connectivity index (χ0) is 26.8. The summed E-state index contributed by atoms with van der Waals surface area (Å²) in [5, 5.41) is 12.7. The van der Waals surface area contributed by atoms with Crippen LogP contribution < -0.4 is 19.7 Å². The van der Waals surface area contributed by atoms with E-state index in [1.165, 1.54) is 11.2 Å². The molecule has 1 aliphatic heterocycles. The van der Waals surface area contributed by atoms with Gasteiger partial charge in [-0.2, -0.15) is 0 Å². The first-order valence-electron chi connectivity index (χ1n) is 12.3. The van der Waals surface area contributed by atoms with E-state index < -0.39 is 17.9 Å². The molecule has 196 valence electrons. The van der Waals surface area contributed by atoms with Crippen LogP contribution in [0.1, 0.15) is 49.0 Å². The van der Waals surface area contributed by atoms with E-state index in [-0.39, 0.29) is 31.0 Å². The third kappa shape index (κ3) is 4.63. The lowest BCUT2D eigenvalue weighted by molar-refractivity contribution is -0.138. The van der Waals surface area contributed by atoms with E-state index in [4.69, 9.17) is 13.9 Å². The normalized spacial score (nSPS) is 18.7. The minimum atomic E-state index is -1.07. The third-order valence-corrected chi connectivity index (χ3v) is 7.00. The summed E-state index contributed by atoms with van der Waals surface area (Å²) in [6, 6.07) is 15.5. The summed E-state index contributed by atoms with van der Waals surface area (Å²) in [4.78, 5) is 40.2. The highest BCUT2D eigenvalue weighted by Crippen LogP contribution is 2.48. The third-order valence-electron chi connectivity index (χ3n) is 7.00. The number of nitrogens with one attached hydrogen (secondary N) is 1. The van der Waals surface area contributed by atoms with Crippen LogP contribution in [0.25, 0.3) is 0 Å². The van der Waals surface area contributed by atoms with Crippen molar-refractivity contribution in [3.63, 3.8) is 0 Å². The average Bonchev–Trinajstić information content (AvgIpc) is 3.40. The minimum Gasteiger partial charge on any atom is -0.493 e. The van der Waals surface area contributed by atoms with Crippen LogP contribution >= 0.6 is 0 Å². The Kier molecular flexibility index (Phi) is 6.91. The number of fused-ring (bicyclic) bond motifs is 1. The summed E-state index contributed by atoms with van der Waals surface area (Å²) in [5.74, 6) is -0.117. The highest BCUT2D eigenvalue weighted by atomic mass is 16.5. The van der Waals surface area contributed by atoms with Crippen LogP contribution in [-0.4, -0.2) is 37.0 Å². The van der Waals surface area contributed by atoms with Gasteiger partial charge in [-0.3, -0.25) is 19.3 Å². The van der Waals surface area contributed by atoms with E-state index in [0.717, 1.165) is 5.56 Å². The lowest BCUT2D eigenvalue weighted by Gasteiger charge is -2.33. The molecule has 5 rings (SSSR count). The zero-order valence-electron chi connectivity index (χ0n) is 21.1. The first-order valence-corrected chi connectivity index (χ1v) is 12.3. The van der Waals surface area contributed by atoms with E-state index in [1.54, 1.807) is 38.5 Å². The number of allylic oxidation sites excluding steroid dienone is 1. The van der Waals surface area contributed by atoms with Crippen LogP contribution in [0, 0.1) is 0 Å². The molecule has 3 aromatic rings. The molecule has 9 nitrogen and oxygen atoms in total. The van der Waals surface area contributed by atoms with Crippen LogP contribution in [-0.2, 0) is 14.4 Å². The van der Waals surface area contributed by atoms with Gasteiger partial charge in [0.05, 0.1) is 38.3 Å². The molecule has 0 saturated carbocycles. The topological polar surface area (TPSA) is 118 Å². The van der Waals surface area contributed by atoms with Gasteiger partial charge < -0.3 is 24.3 Å². The molecule has 0 spiro atoms. The molecule has 1 aromatic heterocycles. The average molecular weight is 517 g/mol. The molecule has 9 heteroatoms. The second kappa shape index (κ2) is 10.5. The van der Waals surface area contributed by atoms with Gasteiger partial charge in [-0.25, -0.2) is 0 Å². The van der Waals surface area contributed by atoms with Gasteiger partial charge in [-0.05, 0) is 54.3 Å². The van der Waals surface area contributed by atoms with E-state index in [1.807, 2.05) is 30.3 Å². The fourth-order valence-corrected chi connectivity index (χ4v) is 5.26. The molecule has 0 radical (unpaired) electrons. The van der Waals surface area contributed by atoms with Crippen molar-refractivity contribution in [1.29, 1.82) is 0 Å². The van der Waals surface area contributed by atoms with Crippen molar-refractivity contribution < 1.29 is 33.4 Å². The number of carbonyl (C=O) groups is 3. The Hall–Kier alpha value is -4.53. The molecular formula is C29H28N2O7. The molecule has 1 amide bonds. The Balaban J connectivity index is 1.62. The van der Waals surface area contributed by atoms with Crippen molar-refractivity contribution in [3.8, 4) is 11.5 Å². The number of ketones is 1. The number of methoxy groups -OCH3 is 2. The molecule has 2 atom stereocenters. The Labute approximate surface area is 219 Å². The molecular weight excluding hydrogens is 488 g/mol. The van der Waals surface area contributed by atoms with Crippen molar-refractivity contribution in [2.75, 3.05) is 24.4 Å². The molecule has 0 saturated heterocycles. The number of para-hydroxylation sites is 2. The fourth-order valence-electron chi connectivity index (χ4n) is 5.26. The van der Waals surface area contributed by atoms with Crippen molar-refractivity contribution in [2.45, 2.75) is 37.6 Å². The summed E-state index contributed by atoms with van der Waals surface area (Å²) in [6.07, 6.45) is 1.70. The number of furan rings is 1. The molecule has 0 unspecified atom stereocenters. The molecule has 2 aliphatic rings. The monoisotopic (exact) mass is 516 g/mol. The number of benzene rings is 2. The highest BCUT2D eigenvalue weighted by Gasteiger charge is 2.42. The van der Waals surface area contributed by atoms with Crippen LogP contribution in [0.2, 0.25) is 0 Å². The van der Waals surface area contributed by atoms with Gasteiger partial charge in [0.25, 0.3) is 0 Å². The number of rotatable bonds is 7. The van der Waals surface area contributed by atoms with Gasteiger partial charge in [-0.15, -0.1) is 0 Å². The predicted octanol–water partition coefficient (Wildman–Crippen LogP) is 5.06. The van der Waals surface area contributed by atoms with E-state index in [2.05, 4.69) is 5.32 Å². The number of carboxylic acids is 1. The smallest absolute Gasteiger partial charge is 0.303 e. The molecule has 0 fully saturated rings. The SMILES string of the molecule is COc1ccc([C@H]2CC(=O)C3=C(C2)Nc2ccccc2N(C(=O)CCC(=O)O)[C@H]3c2ccco2)cc1OC. The number of carboxylic acid groups (broad SMARTS) is 1. The summed E-state index contributed by atoms with van der Waals surface area (Å²) >= 11 is 0. The molecule has 2 N–H and O–H groups in total. The van der Waals surface area contributed by atoms with E-state index in [9.17, 15) is 19.5 Å². The number of hydrogen-bond donors (Lipinski definition) is 2. The van der Waals surface area contributed by atoms with E-state index >= 15 is 0 Å². The number of Topliss-reactive ketones (excluding diaryl/α,β-unsaturated/α-hetero) is 1.